The first-order chi connectivity index (χ1) is 14.0. The molecule has 0 unspecified atom stereocenters. The lowest BCUT2D eigenvalue weighted by molar-refractivity contribution is 0.102. The van der Waals surface area contributed by atoms with E-state index in [9.17, 15) is 9.18 Å². The van der Waals surface area contributed by atoms with Crippen molar-refractivity contribution >= 4 is 50.6 Å². The van der Waals surface area contributed by atoms with E-state index in [0.29, 0.717) is 14.5 Å². The summed E-state index contributed by atoms with van der Waals surface area (Å²) in [7, 11) is 0. The zero-order valence-corrected chi connectivity index (χ0v) is 18.0. The van der Waals surface area contributed by atoms with E-state index in [-0.39, 0.29) is 17.7 Å². The summed E-state index contributed by atoms with van der Waals surface area (Å²) in [5.41, 5.74) is 1.54. The largest absolute Gasteiger partial charge is 0.368 e. The SMILES string of the molecule is Cc1nc(Br)sc1C(=O)Nc1nccc(N2CCN(c3cccc(F)c3)CC2)n1. The van der Waals surface area contributed by atoms with Gasteiger partial charge in [0, 0.05) is 38.1 Å². The molecule has 1 N–H and O–H groups in total. The topological polar surface area (TPSA) is 74.2 Å². The average Bonchev–Trinajstić information content (AvgIpc) is 3.06. The van der Waals surface area contributed by atoms with Crippen molar-refractivity contribution in [3.63, 3.8) is 0 Å². The van der Waals surface area contributed by atoms with Crippen molar-refractivity contribution in [2.45, 2.75) is 6.92 Å². The fraction of sp³-hybridized carbons (Fsp3) is 0.263. The predicted molar refractivity (Wildman–Crippen MR) is 115 cm³/mol. The maximum Gasteiger partial charge on any atom is 0.270 e. The molecule has 1 amide bonds. The molecule has 150 valence electrons. The van der Waals surface area contributed by atoms with Gasteiger partial charge in [-0.3, -0.25) is 10.1 Å². The number of carbonyl (C=O) groups is 1. The number of nitrogens with zero attached hydrogens (tertiary/aromatic N) is 5. The summed E-state index contributed by atoms with van der Waals surface area (Å²) in [5, 5.41) is 2.74. The number of anilines is 3. The summed E-state index contributed by atoms with van der Waals surface area (Å²) in [6, 6.07) is 8.45. The Hall–Kier alpha value is -2.59. The summed E-state index contributed by atoms with van der Waals surface area (Å²) in [4.78, 5) is 30.1. The molecule has 0 radical (unpaired) electrons. The maximum absolute atomic E-state index is 13.5. The van der Waals surface area contributed by atoms with Crippen LogP contribution in [0.4, 0.5) is 21.8 Å². The number of hydrogen-bond donors (Lipinski definition) is 1. The quantitative estimate of drug-likeness (QED) is 0.618. The van der Waals surface area contributed by atoms with Gasteiger partial charge in [-0.25, -0.2) is 14.4 Å². The summed E-state index contributed by atoms with van der Waals surface area (Å²) >= 11 is 4.56. The molecule has 1 aliphatic heterocycles. The Labute approximate surface area is 179 Å². The molecule has 7 nitrogen and oxygen atoms in total. The van der Waals surface area contributed by atoms with Gasteiger partial charge in [0.2, 0.25) is 5.95 Å². The third-order valence-electron chi connectivity index (χ3n) is 4.62. The molecule has 1 aromatic carbocycles. The highest BCUT2D eigenvalue weighted by molar-refractivity contribution is 9.11. The second-order valence-corrected chi connectivity index (χ2v) is 8.80. The van der Waals surface area contributed by atoms with Gasteiger partial charge in [0.15, 0.2) is 3.92 Å². The van der Waals surface area contributed by atoms with E-state index in [4.69, 9.17) is 0 Å². The summed E-state index contributed by atoms with van der Waals surface area (Å²) in [6.07, 6.45) is 1.63. The lowest BCUT2D eigenvalue weighted by atomic mass is 10.2. The number of amides is 1. The lowest BCUT2D eigenvalue weighted by Crippen LogP contribution is -2.46. The molecule has 0 aliphatic carbocycles. The third kappa shape index (κ3) is 4.54. The molecule has 0 spiro atoms. The van der Waals surface area contributed by atoms with Crippen LogP contribution in [-0.4, -0.2) is 47.0 Å². The number of halogens is 2. The van der Waals surface area contributed by atoms with Gasteiger partial charge in [-0.2, -0.15) is 4.98 Å². The van der Waals surface area contributed by atoms with Gasteiger partial charge in [-0.05, 0) is 47.1 Å². The van der Waals surface area contributed by atoms with E-state index in [2.05, 4.69) is 46.0 Å². The Balaban J connectivity index is 1.41. The van der Waals surface area contributed by atoms with Crippen LogP contribution in [0.1, 0.15) is 15.4 Å². The van der Waals surface area contributed by atoms with Gasteiger partial charge in [0.25, 0.3) is 5.91 Å². The minimum atomic E-state index is -0.279. The number of rotatable bonds is 4. The zero-order valence-electron chi connectivity index (χ0n) is 15.6. The smallest absolute Gasteiger partial charge is 0.270 e. The van der Waals surface area contributed by atoms with Gasteiger partial charge in [0.1, 0.15) is 16.5 Å². The normalized spacial score (nSPS) is 14.2. The maximum atomic E-state index is 13.5. The van der Waals surface area contributed by atoms with E-state index < -0.39 is 0 Å². The molecule has 0 saturated carbocycles. The Morgan fingerprint density at radius 3 is 2.62 bits per heavy atom. The molecule has 2 aromatic heterocycles. The molecule has 3 aromatic rings. The van der Waals surface area contributed by atoms with Crippen molar-refractivity contribution in [2.24, 2.45) is 0 Å². The molecule has 1 fully saturated rings. The summed E-state index contributed by atoms with van der Waals surface area (Å²) < 4.78 is 14.1. The van der Waals surface area contributed by atoms with Gasteiger partial charge in [0.05, 0.1) is 5.69 Å². The number of piperazine rings is 1. The van der Waals surface area contributed by atoms with Crippen LogP contribution in [0.2, 0.25) is 0 Å². The van der Waals surface area contributed by atoms with E-state index in [1.54, 1.807) is 25.3 Å². The van der Waals surface area contributed by atoms with Crippen LogP contribution < -0.4 is 15.1 Å². The van der Waals surface area contributed by atoms with Crippen LogP contribution in [0.3, 0.4) is 0 Å². The van der Waals surface area contributed by atoms with E-state index in [1.165, 1.54) is 17.4 Å². The van der Waals surface area contributed by atoms with Crippen molar-refractivity contribution in [2.75, 3.05) is 41.3 Å². The molecule has 29 heavy (non-hydrogen) atoms. The van der Waals surface area contributed by atoms with Crippen LogP contribution in [0.25, 0.3) is 0 Å². The summed E-state index contributed by atoms with van der Waals surface area (Å²) in [6.45, 7) is 4.77. The van der Waals surface area contributed by atoms with Crippen molar-refractivity contribution in [3.8, 4) is 0 Å². The van der Waals surface area contributed by atoms with Gasteiger partial charge in [-0.1, -0.05) is 6.07 Å². The van der Waals surface area contributed by atoms with Gasteiger partial charge < -0.3 is 9.80 Å². The van der Waals surface area contributed by atoms with Crippen LogP contribution in [-0.2, 0) is 0 Å². The molecule has 1 saturated heterocycles. The molecule has 0 atom stereocenters. The number of aryl methyl sites for hydroxylation is 1. The van der Waals surface area contributed by atoms with E-state index in [0.717, 1.165) is 37.7 Å². The third-order valence-corrected chi connectivity index (χ3v) is 6.23. The molecule has 4 rings (SSSR count). The van der Waals surface area contributed by atoms with Crippen LogP contribution in [0.15, 0.2) is 40.4 Å². The molecular weight excluding hydrogens is 459 g/mol. The number of carbonyl (C=O) groups excluding carboxylic acids is 1. The Morgan fingerprint density at radius 2 is 1.93 bits per heavy atom. The van der Waals surface area contributed by atoms with Crippen LogP contribution >= 0.6 is 27.3 Å². The molecule has 3 heterocycles. The van der Waals surface area contributed by atoms with Gasteiger partial charge >= 0.3 is 0 Å². The Morgan fingerprint density at radius 1 is 1.17 bits per heavy atom. The Bertz CT molecular complexity index is 1040. The minimum absolute atomic E-state index is 0.232. The first kappa shape index (κ1) is 19.7. The second kappa shape index (κ2) is 8.42. The van der Waals surface area contributed by atoms with E-state index >= 15 is 0 Å². The van der Waals surface area contributed by atoms with Crippen LogP contribution in [0.5, 0.6) is 0 Å². The van der Waals surface area contributed by atoms with E-state index in [1.807, 2.05) is 12.1 Å². The number of thiazole rings is 1. The van der Waals surface area contributed by atoms with Crippen molar-refractivity contribution in [3.05, 3.63) is 56.8 Å². The first-order valence-electron chi connectivity index (χ1n) is 9.02. The highest BCUT2D eigenvalue weighted by Gasteiger charge is 2.20. The molecular formula is C19H18BrFN6OS. The second-order valence-electron chi connectivity index (χ2n) is 6.53. The molecule has 1 aliphatic rings. The lowest BCUT2D eigenvalue weighted by Gasteiger charge is -2.36. The predicted octanol–water partition coefficient (Wildman–Crippen LogP) is 3.72. The minimum Gasteiger partial charge on any atom is -0.368 e. The van der Waals surface area contributed by atoms with Crippen molar-refractivity contribution in [1.82, 2.24) is 15.0 Å². The van der Waals surface area contributed by atoms with Gasteiger partial charge in [-0.15, -0.1) is 11.3 Å². The monoisotopic (exact) mass is 476 g/mol. The Kier molecular flexibility index (Phi) is 5.72. The summed E-state index contributed by atoms with van der Waals surface area (Å²) in [5.74, 6) is 0.489. The fourth-order valence-electron chi connectivity index (χ4n) is 3.18. The fourth-order valence-corrected chi connectivity index (χ4v) is 4.62. The number of aromatic nitrogens is 3. The molecule has 0 bridgehead atoms. The first-order valence-corrected chi connectivity index (χ1v) is 10.6. The highest BCUT2D eigenvalue weighted by atomic mass is 79.9. The number of hydrogen-bond acceptors (Lipinski definition) is 7. The number of benzene rings is 1. The highest BCUT2D eigenvalue weighted by Crippen LogP contribution is 2.24. The van der Waals surface area contributed by atoms with Crippen molar-refractivity contribution < 1.29 is 9.18 Å². The zero-order chi connectivity index (χ0) is 20.4. The number of nitrogens with one attached hydrogen (secondary N) is 1. The standard InChI is InChI=1S/C19H18BrFN6OS/c1-12-16(29-18(20)23-12)17(28)25-19-22-6-5-15(24-19)27-9-7-26(8-10-27)14-4-2-3-13(21)11-14/h2-6,11H,7-10H2,1H3,(H,22,24,25,28). The van der Waals surface area contributed by atoms with Crippen LogP contribution in [0, 0.1) is 12.7 Å². The average molecular weight is 477 g/mol. The molecule has 10 heteroatoms. The van der Waals surface area contributed by atoms with Crippen molar-refractivity contribution in [1.29, 1.82) is 0 Å².